The van der Waals surface area contributed by atoms with Crippen molar-refractivity contribution in [1.82, 2.24) is 4.90 Å². The van der Waals surface area contributed by atoms with E-state index in [4.69, 9.17) is 9.15 Å². The number of benzene rings is 2. The summed E-state index contributed by atoms with van der Waals surface area (Å²) in [6.07, 6.45) is 2.49. The number of hydrogen-bond acceptors (Lipinski definition) is 4. The number of carbonyl (C=O) groups is 1. The largest absolute Gasteiger partial charge is 0.481 e. The molecule has 1 fully saturated rings. The van der Waals surface area contributed by atoms with Gasteiger partial charge >= 0.3 is 5.63 Å². The highest BCUT2D eigenvalue weighted by molar-refractivity contribution is 5.83. The van der Waals surface area contributed by atoms with Gasteiger partial charge in [-0.15, -0.1) is 0 Å². The van der Waals surface area contributed by atoms with Gasteiger partial charge in [-0.1, -0.05) is 30.3 Å². The first-order valence-electron chi connectivity index (χ1n) is 10.5. The number of rotatable bonds is 5. The third kappa shape index (κ3) is 4.56. The van der Waals surface area contributed by atoms with Crippen LogP contribution in [0.25, 0.3) is 11.0 Å². The average molecular weight is 405 g/mol. The Labute approximate surface area is 176 Å². The van der Waals surface area contributed by atoms with Gasteiger partial charge in [-0.3, -0.25) is 4.79 Å². The Morgan fingerprint density at radius 2 is 1.87 bits per heavy atom. The summed E-state index contributed by atoms with van der Waals surface area (Å²) in [7, 11) is 0. The molecule has 0 bridgehead atoms. The molecule has 0 N–H and O–H groups in total. The molecule has 4 rings (SSSR count). The number of aryl methyl sites for hydroxylation is 1. The Morgan fingerprint density at radius 3 is 2.60 bits per heavy atom. The fourth-order valence-corrected chi connectivity index (χ4v) is 4.20. The lowest BCUT2D eigenvalue weighted by Crippen LogP contribution is -2.45. The number of nitrogens with zero attached hydrogens (tertiary/aromatic N) is 1. The van der Waals surface area contributed by atoms with Gasteiger partial charge in [-0.2, -0.15) is 0 Å². The van der Waals surface area contributed by atoms with Gasteiger partial charge in [0, 0.05) is 30.6 Å². The van der Waals surface area contributed by atoms with Crippen molar-refractivity contribution in [3.05, 3.63) is 76.1 Å². The number of piperidine rings is 1. The molecule has 0 saturated carbocycles. The van der Waals surface area contributed by atoms with Crippen LogP contribution in [0.15, 0.2) is 63.8 Å². The maximum atomic E-state index is 12.9. The fraction of sp³-hybridized carbons (Fsp3) is 0.360. The first-order valence-corrected chi connectivity index (χ1v) is 10.5. The lowest BCUT2D eigenvalue weighted by molar-refractivity contribution is -0.139. The molecule has 30 heavy (non-hydrogen) atoms. The van der Waals surface area contributed by atoms with E-state index >= 15 is 0 Å². The maximum Gasteiger partial charge on any atom is 0.336 e. The van der Waals surface area contributed by atoms with Gasteiger partial charge in [-0.25, -0.2) is 4.79 Å². The summed E-state index contributed by atoms with van der Waals surface area (Å²) in [6.45, 7) is 5.16. The molecule has 0 spiro atoms. The topological polar surface area (TPSA) is 59.8 Å². The summed E-state index contributed by atoms with van der Waals surface area (Å²) in [6, 6.07) is 17.3. The number of ether oxygens (including phenoxy) is 1. The molecule has 156 valence electrons. The van der Waals surface area contributed by atoms with Crippen molar-refractivity contribution in [2.24, 2.45) is 5.92 Å². The van der Waals surface area contributed by atoms with Gasteiger partial charge in [-0.05, 0) is 62.3 Å². The number of carbonyl (C=O) groups excluding carboxylic acids is 1. The maximum absolute atomic E-state index is 12.9. The molecule has 5 heteroatoms. The van der Waals surface area contributed by atoms with E-state index in [2.05, 4.69) is 24.3 Å². The van der Waals surface area contributed by atoms with Crippen LogP contribution in [0.2, 0.25) is 0 Å². The van der Waals surface area contributed by atoms with Gasteiger partial charge < -0.3 is 14.1 Å². The molecule has 2 heterocycles. The van der Waals surface area contributed by atoms with Crippen LogP contribution in [0.1, 0.15) is 30.9 Å². The Kier molecular flexibility index (Phi) is 5.88. The molecule has 1 unspecified atom stereocenters. The first kappa shape index (κ1) is 20.2. The second-order valence-corrected chi connectivity index (χ2v) is 8.12. The Bertz CT molecular complexity index is 1080. The van der Waals surface area contributed by atoms with Crippen LogP contribution in [0.5, 0.6) is 5.75 Å². The zero-order valence-corrected chi connectivity index (χ0v) is 17.5. The van der Waals surface area contributed by atoms with Gasteiger partial charge in [0.1, 0.15) is 11.3 Å². The van der Waals surface area contributed by atoms with E-state index in [0.29, 0.717) is 17.3 Å². The zero-order chi connectivity index (χ0) is 21.1. The molecule has 0 aliphatic carbocycles. The monoisotopic (exact) mass is 405 g/mol. The fourth-order valence-electron chi connectivity index (χ4n) is 4.20. The van der Waals surface area contributed by atoms with Gasteiger partial charge in [0.05, 0.1) is 0 Å². The Morgan fingerprint density at radius 1 is 1.13 bits per heavy atom. The predicted octanol–water partition coefficient (Wildman–Crippen LogP) is 4.35. The SMILES string of the molecule is Cc1cc(=O)oc2cc(OC(C)C(=O)N3CCC(Cc4ccccc4)CC3)ccc12. The molecule has 1 amide bonds. The minimum atomic E-state index is -0.593. The highest BCUT2D eigenvalue weighted by atomic mass is 16.5. The lowest BCUT2D eigenvalue weighted by Gasteiger charge is -2.33. The zero-order valence-electron chi connectivity index (χ0n) is 17.5. The molecule has 1 saturated heterocycles. The molecule has 1 aliphatic heterocycles. The van der Waals surface area contributed by atoms with Crippen LogP contribution in [0.3, 0.4) is 0 Å². The van der Waals surface area contributed by atoms with E-state index in [0.717, 1.165) is 43.3 Å². The molecule has 2 aromatic carbocycles. The average Bonchev–Trinajstić information content (AvgIpc) is 2.74. The molecule has 1 aliphatic rings. The van der Waals surface area contributed by atoms with Gasteiger partial charge in [0.15, 0.2) is 6.10 Å². The number of hydrogen-bond donors (Lipinski definition) is 0. The molecular weight excluding hydrogens is 378 g/mol. The smallest absolute Gasteiger partial charge is 0.336 e. The third-order valence-electron chi connectivity index (χ3n) is 5.88. The third-order valence-corrected chi connectivity index (χ3v) is 5.88. The van der Waals surface area contributed by atoms with Gasteiger partial charge in [0.2, 0.25) is 0 Å². The van der Waals surface area contributed by atoms with Crippen molar-refractivity contribution in [2.75, 3.05) is 13.1 Å². The Hall–Kier alpha value is -3.08. The van der Waals surface area contributed by atoms with Crippen molar-refractivity contribution < 1.29 is 13.9 Å². The van der Waals surface area contributed by atoms with E-state index in [-0.39, 0.29) is 11.5 Å². The molecule has 1 atom stereocenters. The Balaban J connectivity index is 1.35. The van der Waals surface area contributed by atoms with Crippen LogP contribution >= 0.6 is 0 Å². The lowest BCUT2D eigenvalue weighted by atomic mass is 9.90. The second-order valence-electron chi connectivity index (χ2n) is 8.12. The van der Waals surface area contributed by atoms with Crippen LogP contribution in [-0.4, -0.2) is 30.0 Å². The summed E-state index contributed by atoms with van der Waals surface area (Å²) >= 11 is 0. The molecule has 3 aromatic rings. The van der Waals surface area contributed by atoms with E-state index in [1.807, 2.05) is 30.0 Å². The standard InChI is InChI=1S/C25H27NO4/c1-17-14-24(27)30-23-16-21(8-9-22(17)23)29-18(2)25(28)26-12-10-20(11-13-26)15-19-6-4-3-5-7-19/h3-9,14,16,18,20H,10-13,15H2,1-2H3. The summed E-state index contributed by atoms with van der Waals surface area (Å²) < 4.78 is 11.2. The molecular formula is C25H27NO4. The summed E-state index contributed by atoms with van der Waals surface area (Å²) in [4.78, 5) is 26.4. The van der Waals surface area contributed by atoms with Crippen molar-refractivity contribution >= 4 is 16.9 Å². The molecule has 1 aromatic heterocycles. The van der Waals surface area contributed by atoms with E-state index in [1.165, 1.54) is 11.6 Å². The van der Waals surface area contributed by atoms with Gasteiger partial charge in [0.25, 0.3) is 5.91 Å². The van der Waals surface area contributed by atoms with Crippen molar-refractivity contribution in [3.8, 4) is 5.75 Å². The number of fused-ring (bicyclic) bond motifs is 1. The molecule has 5 nitrogen and oxygen atoms in total. The van der Waals surface area contributed by atoms with E-state index in [9.17, 15) is 9.59 Å². The minimum absolute atomic E-state index is 0.000969. The van der Waals surface area contributed by atoms with Crippen LogP contribution in [0, 0.1) is 12.8 Å². The number of amides is 1. The minimum Gasteiger partial charge on any atom is -0.481 e. The summed E-state index contributed by atoms with van der Waals surface area (Å²) in [5.41, 5.74) is 2.30. The van der Waals surface area contributed by atoms with Crippen LogP contribution < -0.4 is 10.4 Å². The molecule has 0 radical (unpaired) electrons. The van der Waals surface area contributed by atoms with E-state index in [1.54, 1.807) is 13.0 Å². The van der Waals surface area contributed by atoms with Crippen molar-refractivity contribution in [1.29, 1.82) is 0 Å². The quantitative estimate of drug-likeness (QED) is 0.592. The summed E-state index contributed by atoms with van der Waals surface area (Å²) in [5.74, 6) is 1.13. The highest BCUT2D eigenvalue weighted by Crippen LogP contribution is 2.25. The van der Waals surface area contributed by atoms with Crippen molar-refractivity contribution in [2.45, 2.75) is 39.2 Å². The van der Waals surface area contributed by atoms with Crippen LogP contribution in [0.4, 0.5) is 0 Å². The van der Waals surface area contributed by atoms with Crippen LogP contribution in [-0.2, 0) is 11.2 Å². The number of likely N-dealkylation sites (tertiary alicyclic amines) is 1. The van der Waals surface area contributed by atoms with E-state index < -0.39 is 6.10 Å². The first-order chi connectivity index (χ1) is 14.5. The second kappa shape index (κ2) is 8.74. The highest BCUT2D eigenvalue weighted by Gasteiger charge is 2.27. The normalized spacial score (nSPS) is 15.9. The van der Waals surface area contributed by atoms with Crippen molar-refractivity contribution in [3.63, 3.8) is 0 Å². The summed E-state index contributed by atoms with van der Waals surface area (Å²) in [5, 5.41) is 0.862. The predicted molar refractivity (Wildman–Crippen MR) is 117 cm³/mol.